The zero-order valence-electron chi connectivity index (χ0n) is 8.88. The molecule has 11 heavy (non-hydrogen) atoms. The lowest BCUT2D eigenvalue weighted by Crippen LogP contribution is -1.99. The SMILES string of the molecule is [2H]c1nc(OC)c(C(C)C)nc1[2H]. The van der Waals surface area contributed by atoms with E-state index in [-0.39, 0.29) is 18.3 Å². The van der Waals surface area contributed by atoms with Crippen molar-refractivity contribution in [3.8, 4) is 5.88 Å². The van der Waals surface area contributed by atoms with E-state index in [2.05, 4.69) is 9.97 Å². The van der Waals surface area contributed by atoms with Gasteiger partial charge in [-0.3, -0.25) is 4.98 Å². The van der Waals surface area contributed by atoms with Crippen molar-refractivity contribution < 1.29 is 7.48 Å². The van der Waals surface area contributed by atoms with Gasteiger partial charge in [-0.1, -0.05) is 13.8 Å². The molecule has 1 aromatic heterocycles. The zero-order valence-corrected chi connectivity index (χ0v) is 6.88. The highest BCUT2D eigenvalue weighted by Crippen LogP contribution is 2.19. The first-order valence-electron chi connectivity index (χ1n) is 4.45. The van der Waals surface area contributed by atoms with Gasteiger partial charge >= 0.3 is 0 Å². The van der Waals surface area contributed by atoms with Gasteiger partial charge < -0.3 is 4.74 Å². The Morgan fingerprint density at radius 1 is 1.45 bits per heavy atom. The first-order chi connectivity index (χ1) is 6.06. The molecule has 0 saturated heterocycles. The molecule has 0 aliphatic rings. The quantitative estimate of drug-likeness (QED) is 0.649. The molecule has 0 unspecified atom stereocenters. The molecule has 1 heterocycles. The largest absolute Gasteiger partial charge is 0.480 e. The van der Waals surface area contributed by atoms with Crippen LogP contribution in [-0.4, -0.2) is 17.1 Å². The second-order valence-electron chi connectivity index (χ2n) is 2.50. The molecule has 3 heteroatoms. The molecule has 60 valence electrons. The second-order valence-corrected chi connectivity index (χ2v) is 2.50. The molecule has 0 bridgehead atoms. The van der Waals surface area contributed by atoms with Gasteiger partial charge in [-0.15, -0.1) is 0 Å². The Morgan fingerprint density at radius 2 is 2.09 bits per heavy atom. The topological polar surface area (TPSA) is 35.0 Å². The molecule has 3 nitrogen and oxygen atoms in total. The number of nitrogens with zero attached hydrogens (tertiary/aromatic N) is 2. The van der Waals surface area contributed by atoms with Crippen molar-refractivity contribution in [3.05, 3.63) is 18.0 Å². The van der Waals surface area contributed by atoms with E-state index in [4.69, 9.17) is 7.48 Å². The Kier molecular flexibility index (Phi) is 1.67. The van der Waals surface area contributed by atoms with E-state index in [9.17, 15) is 0 Å². The molecular formula is C8H12N2O. The van der Waals surface area contributed by atoms with Crippen LogP contribution in [0.2, 0.25) is 0 Å². The minimum atomic E-state index is -0.152. The predicted octanol–water partition coefficient (Wildman–Crippen LogP) is 1.61. The predicted molar refractivity (Wildman–Crippen MR) is 42.7 cm³/mol. The van der Waals surface area contributed by atoms with E-state index in [1.807, 2.05) is 13.8 Å². The van der Waals surface area contributed by atoms with Crippen molar-refractivity contribution in [3.63, 3.8) is 0 Å². The Labute approximate surface area is 69.3 Å². The average Bonchev–Trinajstić information content (AvgIpc) is 2.08. The van der Waals surface area contributed by atoms with Crippen molar-refractivity contribution in [1.29, 1.82) is 0 Å². The third-order valence-corrected chi connectivity index (χ3v) is 1.34. The van der Waals surface area contributed by atoms with E-state index in [0.29, 0.717) is 11.6 Å². The maximum absolute atomic E-state index is 7.31. The summed E-state index contributed by atoms with van der Waals surface area (Å²) in [7, 11) is 1.49. The lowest BCUT2D eigenvalue weighted by atomic mass is 10.1. The monoisotopic (exact) mass is 154 g/mol. The summed E-state index contributed by atoms with van der Waals surface area (Å²) in [5.41, 5.74) is 0.628. The van der Waals surface area contributed by atoms with Crippen LogP contribution < -0.4 is 4.74 Å². The number of hydrogen-bond acceptors (Lipinski definition) is 3. The van der Waals surface area contributed by atoms with Crippen LogP contribution in [0, 0.1) is 0 Å². The Morgan fingerprint density at radius 3 is 2.64 bits per heavy atom. The summed E-state index contributed by atoms with van der Waals surface area (Å²) in [6.07, 6.45) is -0.259. The minimum Gasteiger partial charge on any atom is -0.480 e. The summed E-state index contributed by atoms with van der Waals surface area (Å²) < 4.78 is 19.5. The molecule has 0 aliphatic carbocycles. The van der Waals surface area contributed by atoms with Crippen molar-refractivity contribution in [2.75, 3.05) is 7.11 Å². The van der Waals surface area contributed by atoms with Gasteiger partial charge in [-0.05, 0) is 0 Å². The van der Waals surface area contributed by atoms with E-state index < -0.39 is 0 Å². The fraction of sp³-hybridized carbons (Fsp3) is 0.500. The number of ether oxygens (including phenoxy) is 1. The van der Waals surface area contributed by atoms with Crippen LogP contribution in [-0.2, 0) is 0 Å². The first-order valence-corrected chi connectivity index (χ1v) is 3.45. The van der Waals surface area contributed by atoms with Crippen LogP contribution in [0.3, 0.4) is 0 Å². The van der Waals surface area contributed by atoms with E-state index in [1.54, 1.807) is 0 Å². The van der Waals surface area contributed by atoms with Gasteiger partial charge in [-0.25, -0.2) is 4.98 Å². The van der Waals surface area contributed by atoms with Gasteiger partial charge in [-0.2, -0.15) is 0 Å². The highest BCUT2D eigenvalue weighted by Gasteiger charge is 2.07. The normalized spacial score (nSPS) is 12.7. The fourth-order valence-corrected chi connectivity index (χ4v) is 0.792. The minimum absolute atomic E-state index is 0.107. The summed E-state index contributed by atoms with van der Waals surface area (Å²) in [5.74, 6) is 0.489. The molecule has 0 aromatic carbocycles. The van der Waals surface area contributed by atoms with Gasteiger partial charge in [0.05, 0.1) is 9.85 Å². The molecule has 1 aromatic rings. The number of hydrogen-bond donors (Lipinski definition) is 0. The van der Waals surface area contributed by atoms with Crippen molar-refractivity contribution in [2.45, 2.75) is 19.8 Å². The number of methoxy groups -OCH3 is 1. The number of aromatic nitrogens is 2. The van der Waals surface area contributed by atoms with E-state index in [1.165, 1.54) is 7.11 Å². The molecule has 0 N–H and O–H groups in total. The smallest absolute Gasteiger partial charge is 0.235 e. The summed E-state index contributed by atoms with van der Waals surface area (Å²) in [6.45, 7) is 3.88. The lowest BCUT2D eigenvalue weighted by Gasteiger charge is -2.07. The Bertz CT molecular complexity index is 315. The third kappa shape index (κ3) is 1.67. The summed E-state index contributed by atoms with van der Waals surface area (Å²) in [5, 5.41) is 0. The maximum atomic E-state index is 7.31. The van der Waals surface area contributed by atoms with Crippen LogP contribution in [0.4, 0.5) is 0 Å². The van der Waals surface area contributed by atoms with Crippen molar-refractivity contribution >= 4 is 0 Å². The molecule has 0 amide bonds. The van der Waals surface area contributed by atoms with Gasteiger partial charge in [0.2, 0.25) is 5.88 Å². The molecule has 0 radical (unpaired) electrons. The fourth-order valence-electron chi connectivity index (χ4n) is 0.792. The zero-order chi connectivity index (χ0) is 10.0. The molecule has 0 aliphatic heterocycles. The van der Waals surface area contributed by atoms with Gasteiger partial charge in [0, 0.05) is 18.3 Å². The molecule has 0 atom stereocenters. The van der Waals surface area contributed by atoms with Crippen molar-refractivity contribution in [2.24, 2.45) is 0 Å². The maximum Gasteiger partial charge on any atom is 0.235 e. The lowest BCUT2D eigenvalue weighted by molar-refractivity contribution is 0.386. The second kappa shape index (κ2) is 3.32. The molecule has 0 fully saturated rings. The average molecular weight is 154 g/mol. The molecule has 0 saturated carbocycles. The standard InChI is InChI=1S/C8H12N2O/c1-6(2)7-8(11-3)10-5-4-9-7/h4-6H,1-3H3/i4D,5D. The summed E-state index contributed by atoms with van der Waals surface area (Å²) >= 11 is 0. The van der Waals surface area contributed by atoms with Crippen LogP contribution in [0.1, 0.15) is 28.2 Å². The van der Waals surface area contributed by atoms with E-state index in [0.717, 1.165) is 0 Å². The van der Waals surface area contributed by atoms with Crippen LogP contribution in [0.5, 0.6) is 5.88 Å². The Hall–Kier alpha value is -1.12. The first kappa shape index (κ1) is 5.52. The highest BCUT2D eigenvalue weighted by molar-refractivity contribution is 5.20. The van der Waals surface area contributed by atoms with Crippen molar-refractivity contribution in [1.82, 2.24) is 9.97 Å². The number of rotatable bonds is 2. The molecule has 1 rings (SSSR count). The van der Waals surface area contributed by atoms with Crippen LogP contribution >= 0.6 is 0 Å². The van der Waals surface area contributed by atoms with Gasteiger partial charge in [0.15, 0.2) is 0 Å². The van der Waals surface area contributed by atoms with E-state index >= 15 is 0 Å². The Balaban J connectivity index is 3.25. The van der Waals surface area contributed by atoms with Gasteiger partial charge in [0.1, 0.15) is 5.69 Å². The summed E-state index contributed by atoms with van der Waals surface area (Å²) in [6, 6.07) is 0. The molecule has 0 spiro atoms. The third-order valence-electron chi connectivity index (χ3n) is 1.34. The highest BCUT2D eigenvalue weighted by atomic mass is 16.5. The summed E-state index contributed by atoms with van der Waals surface area (Å²) in [4.78, 5) is 7.74. The van der Waals surface area contributed by atoms with Crippen LogP contribution in [0.15, 0.2) is 12.3 Å². The van der Waals surface area contributed by atoms with Crippen LogP contribution in [0.25, 0.3) is 0 Å². The van der Waals surface area contributed by atoms with Gasteiger partial charge in [0.25, 0.3) is 0 Å². The molecular weight excluding hydrogens is 140 g/mol.